The minimum absolute atomic E-state index is 0.310. The zero-order chi connectivity index (χ0) is 13.9. The average Bonchev–Trinajstić information content (AvgIpc) is 2.62. The van der Waals surface area contributed by atoms with E-state index in [4.69, 9.17) is 4.74 Å². The quantitative estimate of drug-likeness (QED) is 0.775. The van der Waals surface area contributed by atoms with Gasteiger partial charge < -0.3 is 9.64 Å². The maximum absolute atomic E-state index is 12.5. The molecule has 0 spiro atoms. The Kier molecular flexibility index (Phi) is 4.09. The number of hydrogen-bond acceptors (Lipinski definition) is 2. The van der Waals surface area contributed by atoms with Crippen LogP contribution in [-0.2, 0) is 15.7 Å². The topological polar surface area (TPSA) is 29.5 Å². The summed E-state index contributed by atoms with van der Waals surface area (Å²) in [6.45, 7) is 1.42. The van der Waals surface area contributed by atoms with Crippen LogP contribution in [0, 0.1) is 0 Å². The predicted octanol–water partition coefficient (Wildman–Crippen LogP) is 2.63. The molecule has 1 aliphatic heterocycles. The summed E-state index contributed by atoms with van der Waals surface area (Å²) in [4.78, 5) is 12.6. The zero-order valence-corrected chi connectivity index (χ0v) is 10.2. The molecule has 1 aliphatic rings. The first-order valence-electron chi connectivity index (χ1n) is 5.98. The number of benzene rings is 1. The number of ether oxygens (including phenoxy) is 1. The van der Waals surface area contributed by atoms with Gasteiger partial charge in [-0.2, -0.15) is 13.2 Å². The Bertz CT molecular complexity index is 431. The van der Waals surface area contributed by atoms with Crippen LogP contribution in [0.15, 0.2) is 24.3 Å². The lowest BCUT2D eigenvalue weighted by atomic mass is 10.0. The largest absolute Gasteiger partial charge is 0.416 e. The fraction of sp³-hybridized carbons (Fsp3) is 0.462. The van der Waals surface area contributed by atoms with Gasteiger partial charge in [0, 0.05) is 13.2 Å². The van der Waals surface area contributed by atoms with Gasteiger partial charge in [0.1, 0.15) is 0 Å². The molecule has 0 radical (unpaired) electrons. The molecule has 0 unspecified atom stereocenters. The summed E-state index contributed by atoms with van der Waals surface area (Å²) in [7, 11) is 0. The average molecular weight is 273 g/mol. The number of rotatable bonds is 2. The molecule has 0 N–H and O–H groups in total. The predicted molar refractivity (Wildman–Crippen MR) is 62.4 cm³/mol. The van der Waals surface area contributed by atoms with E-state index in [2.05, 4.69) is 0 Å². The first-order chi connectivity index (χ1) is 9.02. The summed E-state index contributed by atoms with van der Waals surface area (Å²) in [5.74, 6) is 0. The van der Waals surface area contributed by atoms with Crippen LogP contribution >= 0.6 is 0 Å². The normalized spacial score (nSPS) is 21.0. The van der Waals surface area contributed by atoms with Gasteiger partial charge in [-0.15, -0.1) is 0 Å². The van der Waals surface area contributed by atoms with Gasteiger partial charge >= 0.3 is 6.18 Å². The van der Waals surface area contributed by atoms with Gasteiger partial charge in [-0.3, -0.25) is 4.79 Å². The monoisotopic (exact) mass is 273 g/mol. The van der Waals surface area contributed by atoms with E-state index in [1.165, 1.54) is 12.1 Å². The van der Waals surface area contributed by atoms with Crippen LogP contribution in [0.25, 0.3) is 0 Å². The van der Waals surface area contributed by atoms with Crippen molar-refractivity contribution in [1.29, 1.82) is 0 Å². The van der Waals surface area contributed by atoms with Crippen molar-refractivity contribution in [2.45, 2.75) is 18.6 Å². The van der Waals surface area contributed by atoms with E-state index in [0.717, 1.165) is 25.0 Å². The Labute approximate surface area is 109 Å². The Hall–Kier alpha value is -1.56. The first-order valence-corrected chi connectivity index (χ1v) is 5.98. The number of hydrogen-bond donors (Lipinski definition) is 0. The van der Waals surface area contributed by atoms with Gasteiger partial charge in [0.05, 0.1) is 18.2 Å². The van der Waals surface area contributed by atoms with Crippen LogP contribution in [0.1, 0.15) is 23.6 Å². The fourth-order valence-electron chi connectivity index (χ4n) is 2.10. The van der Waals surface area contributed by atoms with E-state index in [1.807, 2.05) is 0 Å². The highest BCUT2D eigenvalue weighted by Crippen LogP contribution is 2.31. The lowest BCUT2D eigenvalue weighted by molar-refractivity contribution is -0.137. The number of carbonyl (C=O) groups excluding carboxylic acids is 1. The standard InChI is InChI=1S/C13H14F3NO2/c14-13(15,16)11-4-2-10(3-5-11)12-8-19-7-1-6-17(12)9-18/h2-5,9,12H,1,6-8H2/t12-/m0/s1. The third kappa shape index (κ3) is 3.26. The molecule has 6 heteroatoms. The summed E-state index contributed by atoms with van der Waals surface area (Å²) in [6.07, 6.45) is -2.89. The van der Waals surface area contributed by atoms with E-state index in [0.29, 0.717) is 25.3 Å². The van der Waals surface area contributed by atoms with Crippen molar-refractivity contribution < 1.29 is 22.7 Å². The molecule has 3 nitrogen and oxygen atoms in total. The maximum atomic E-state index is 12.5. The molecule has 0 bridgehead atoms. The number of alkyl halides is 3. The van der Waals surface area contributed by atoms with Crippen molar-refractivity contribution in [1.82, 2.24) is 4.90 Å². The van der Waals surface area contributed by atoms with Crippen LogP contribution in [0.4, 0.5) is 13.2 Å². The molecule has 1 atom stereocenters. The highest BCUT2D eigenvalue weighted by molar-refractivity contribution is 5.49. The second-order valence-corrected chi connectivity index (χ2v) is 4.41. The van der Waals surface area contributed by atoms with E-state index in [9.17, 15) is 18.0 Å². The Morgan fingerprint density at radius 2 is 1.95 bits per heavy atom. The summed E-state index contributed by atoms with van der Waals surface area (Å²) in [5.41, 5.74) is -0.0366. The van der Waals surface area contributed by atoms with Gasteiger partial charge in [0.15, 0.2) is 0 Å². The van der Waals surface area contributed by atoms with Crippen molar-refractivity contribution in [2.24, 2.45) is 0 Å². The number of carbonyl (C=O) groups is 1. The fourth-order valence-corrected chi connectivity index (χ4v) is 2.10. The molecule has 2 rings (SSSR count). The van der Waals surface area contributed by atoms with Crippen molar-refractivity contribution in [3.63, 3.8) is 0 Å². The van der Waals surface area contributed by atoms with Gasteiger partial charge in [0.2, 0.25) is 6.41 Å². The second-order valence-electron chi connectivity index (χ2n) is 4.41. The highest BCUT2D eigenvalue weighted by atomic mass is 19.4. The third-order valence-electron chi connectivity index (χ3n) is 3.14. The molecule has 19 heavy (non-hydrogen) atoms. The summed E-state index contributed by atoms with van der Waals surface area (Å²) in [5, 5.41) is 0. The van der Waals surface area contributed by atoms with Gasteiger partial charge in [0.25, 0.3) is 0 Å². The molecule has 0 aromatic heterocycles. The molecule has 1 saturated heterocycles. The second kappa shape index (κ2) is 5.61. The Balaban J connectivity index is 2.22. The summed E-state index contributed by atoms with van der Waals surface area (Å²) >= 11 is 0. The number of halogens is 3. The lowest BCUT2D eigenvalue weighted by Crippen LogP contribution is -2.29. The van der Waals surface area contributed by atoms with Crippen LogP contribution in [0.5, 0.6) is 0 Å². The van der Waals surface area contributed by atoms with E-state index < -0.39 is 11.7 Å². The molecule has 104 valence electrons. The molecule has 0 saturated carbocycles. The lowest BCUT2D eigenvalue weighted by Gasteiger charge is -2.25. The molecule has 1 aromatic carbocycles. The van der Waals surface area contributed by atoms with Crippen LogP contribution < -0.4 is 0 Å². The summed E-state index contributed by atoms with van der Waals surface area (Å²) < 4.78 is 42.8. The van der Waals surface area contributed by atoms with E-state index >= 15 is 0 Å². The SMILES string of the molecule is O=CN1CCCOC[C@H]1c1ccc(C(F)(F)F)cc1. The molecule has 1 heterocycles. The van der Waals surface area contributed by atoms with Gasteiger partial charge in [-0.25, -0.2) is 0 Å². The highest BCUT2D eigenvalue weighted by Gasteiger charge is 2.30. The Morgan fingerprint density at radius 1 is 1.26 bits per heavy atom. The van der Waals surface area contributed by atoms with Crippen molar-refractivity contribution in [2.75, 3.05) is 19.8 Å². The molecule has 1 amide bonds. The van der Waals surface area contributed by atoms with Crippen LogP contribution in [-0.4, -0.2) is 31.1 Å². The minimum Gasteiger partial charge on any atom is -0.379 e. The van der Waals surface area contributed by atoms with Gasteiger partial charge in [-0.05, 0) is 24.1 Å². The van der Waals surface area contributed by atoms with Crippen molar-refractivity contribution in [3.05, 3.63) is 35.4 Å². The zero-order valence-electron chi connectivity index (χ0n) is 10.2. The third-order valence-corrected chi connectivity index (χ3v) is 3.14. The number of amides is 1. The number of nitrogens with zero attached hydrogens (tertiary/aromatic N) is 1. The first kappa shape index (κ1) is 13.9. The smallest absolute Gasteiger partial charge is 0.379 e. The summed E-state index contributed by atoms with van der Waals surface area (Å²) in [6, 6.07) is 4.55. The van der Waals surface area contributed by atoms with E-state index in [1.54, 1.807) is 4.90 Å². The van der Waals surface area contributed by atoms with Crippen molar-refractivity contribution in [3.8, 4) is 0 Å². The molecule has 1 fully saturated rings. The van der Waals surface area contributed by atoms with Crippen LogP contribution in [0.3, 0.4) is 0 Å². The van der Waals surface area contributed by atoms with E-state index in [-0.39, 0.29) is 6.04 Å². The molecule has 1 aromatic rings. The molecular formula is C13H14F3NO2. The molecular weight excluding hydrogens is 259 g/mol. The molecule has 0 aliphatic carbocycles. The maximum Gasteiger partial charge on any atom is 0.416 e. The van der Waals surface area contributed by atoms with Crippen LogP contribution in [0.2, 0.25) is 0 Å². The Morgan fingerprint density at radius 3 is 2.53 bits per heavy atom. The minimum atomic E-state index is -4.34. The van der Waals surface area contributed by atoms with Crippen molar-refractivity contribution >= 4 is 6.41 Å². The van der Waals surface area contributed by atoms with Gasteiger partial charge in [-0.1, -0.05) is 12.1 Å².